The van der Waals surface area contributed by atoms with Crippen molar-refractivity contribution >= 4 is 5.57 Å². The molecule has 0 radical (unpaired) electrons. The second-order valence-corrected chi connectivity index (χ2v) is 6.25. The van der Waals surface area contributed by atoms with Crippen LogP contribution in [0.3, 0.4) is 0 Å². The molecule has 1 N–H and O–H groups in total. The van der Waals surface area contributed by atoms with Gasteiger partial charge in [-0.05, 0) is 59.9 Å². The van der Waals surface area contributed by atoms with Crippen LogP contribution in [0.2, 0.25) is 0 Å². The molecule has 1 unspecified atom stereocenters. The molecular weight excluding hydrogens is 290 g/mol. The SMILES string of the molecule is C#C/C=C(C)\C=C/C/C1=C(\c2ccccc2)C2=CC2C/C=C/NC1. The van der Waals surface area contributed by atoms with E-state index in [1.165, 1.54) is 22.3 Å². The maximum atomic E-state index is 5.33. The normalized spacial score (nSPS) is 24.8. The van der Waals surface area contributed by atoms with Gasteiger partial charge in [0.25, 0.3) is 0 Å². The molecule has 0 spiro atoms. The lowest BCUT2D eigenvalue weighted by Crippen LogP contribution is -2.11. The Morgan fingerprint density at radius 2 is 2.17 bits per heavy atom. The molecule has 0 amide bonds. The van der Waals surface area contributed by atoms with E-state index in [9.17, 15) is 0 Å². The first-order valence-corrected chi connectivity index (χ1v) is 8.47. The minimum Gasteiger partial charge on any atom is -0.387 e. The predicted octanol–water partition coefficient (Wildman–Crippen LogP) is 5.03. The van der Waals surface area contributed by atoms with Crippen LogP contribution in [0.5, 0.6) is 0 Å². The topological polar surface area (TPSA) is 12.0 Å². The first-order valence-electron chi connectivity index (χ1n) is 8.47. The number of allylic oxidation sites excluding steroid dienone is 8. The highest BCUT2D eigenvalue weighted by Crippen LogP contribution is 2.45. The molecule has 1 aromatic carbocycles. The smallest absolute Gasteiger partial charge is 0.0366 e. The maximum absolute atomic E-state index is 5.33. The highest BCUT2D eigenvalue weighted by atomic mass is 14.8. The van der Waals surface area contributed by atoms with Gasteiger partial charge in [-0.25, -0.2) is 0 Å². The molecule has 0 saturated carbocycles. The molecule has 1 aliphatic carbocycles. The van der Waals surface area contributed by atoms with Gasteiger partial charge in [-0.1, -0.05) is 60.6 Å². The summed E-state index contributed by atoms with van der Waals surface area (Å²) in [5.74, 6) is 3.17. The molecule has 1 atom stereocenters. The molecule has 2 aliphatic rings. The Morgan fingerprint density at radius 3 is 2.96 bits per heavy atom. The average Bonchev–Trinajstić information content (AvgIpc) is 3.33. The summed E-state index contributed by atoms with van der Waals surface area (Å²) in [6, 6.07) is 10.7. The summed E-state index contributed by atoms with van der Waals surface area (Å²) < 4.78 is 0. The lowest BCUT2D eigenvalue weighted by molar-refractivity contribution is 0.895. The lowest BCUT2D eigenvalue weighted by Gasteiger charge is -2.14. The number of terminal acetylenes is 1. The molecule has 0 saturated heterocycles. The summed E-state index contributed by atoms with van der Waals surface area (Å²) in [5.41, 5.74) is 6.76. The van der Waals surface area contributed by atoms with Crippen LogP contribution >= 0.6 is 0 Å². The number of rotatable bonds is 4. The van der Waals surface area contributed by atoms with Gasteiger partial charge in [0.15, 0.2) is 0 Å². The van der Waals surface area contributed by atoms with Gasteiger partial charge in [-0.2, -0.15) is 0 Å². The van der Waals surface area contributed by atoms with Crippen LogP contribution in [0, 0.1) is 18.3 Å². The molecule has 1 aromatic rings. The molecule has 0 fully saturated rings. The standard InChI is InChI=1S/C23H23N/c1-3-9-18(2)10-7-13-21-17-24-15-8-14-20-16-22(20)23(21)19-11-5-4-6-12-19/h1,4-12,15-16,20,24H,13-14,17H2,2H3/b10-7-,15-8+,18-9-,23-21-. The van der Waals surface area contributed by atoms with E-state index >= 15 is 0 Å². The van der Waals surface area contributed by atoms with Gasteiger partial charge >= 0.3 is 0 Å². The Morgan fingerprint density at radius 1 is 1.33 bits per heavy atom. The first kappa shape index (κ1) is 16.1. The van der Waals surface area contributed by atoms with Gasteiger partial charge in [0.2, 0.25) is 0 Å². The average molecular weight is 313 g/mol. The van der Waals surface area contributed by atoms with Crippen LogP contribution < -0.4 is 5.32 Å². The maximum Gasteiger partial charge on any atom is 0.0366 e. The second kappa shape index (κ2) is 7.70. The van der Waals surface area contributed by atoms with E-state index in [1.807, 2.05) is 6.92 Å². The summed E-state index contributed by atoms with van der Waals surface area (Å²) in [5, 5.41) is 3.43. The Hall–Kier alpha value is -2.72. The third-order valence-corrected chi connectivity index (χ3v) is 4.37. The van der Waals surface area contributed by atoms with Crippen LogP contribution in [0.4, 0.5) is 0 Å². The van der Waals surface area contributed by atoms with Crippen molar-refractivity contribution in [2.24, 2.45) is 5.92 Å². The van der Waals surface area contributed by atoms with Gasteiger partial charge < -0.3 is 5.32 Å². The molecule has 0 bridgehead atoms. The van der Waals surface area contributed by atoms with Crippen molar-refractivity contribution in [2.75, 3.05) is 6.54 Å². The summed E-state index contributed by atoms with van der Waals surface area (Å²) in [4.78, 5) is 0. The number of hydrogen-bond acceptors (Lipinski definition) is 1. The third kappa shape index (κ3) is 3.97. The number of benzene rings is 1. The Kier molecular flexibility index (Phi) is 5.18. The number of fused-ring (bicyclic) bond motifs is 1. The van der Waals surface area contributed by atoms with E-state index < -0.39 is 0 Å². The van der Waals surface area contributed by atoms with Gasteiger partial charge in [-0.15, -0.1) is 6.42 Å². The minimum atomic E-state index is 0.596. The summed E-state index contributed by atoms with van der Waals surface area (Å²) >= 11 is 0. The fourth-order valence-corrected chi connectivity index (χ4v) is 3.12. The second-order valence-electron chi connectivity index (χ2n) is 6.25. The summed E-state index contributed by atoms with van der Waals surface area (Å²) in [6.45, 7) is 2.90. The predicted molar refractivity (Wildman–Crippen MR) is 103 cm³/mol. The van der Waals surface area contributed by atoms with E-state index in [0.29, 0.717) is 5.92 Å². The van der Waals surface area contributed by atoms with Crippen LogP contribution in [0.1, 0.15) is 25.3 Å². The summed E-state index contributed by atoms with van der Waals surface area (Å²) in [6.07, 6.45) is 20.2. The van der Waals surface area contributed by atoms with Crippen molar-refractivity contribution in [1.82, 2.24) is 5.32 Å². The highest BCUT2D eigenvalue weighted by Gasteiger charge is 2.29. The minimum absolute atomic E-state index is 0.596. The Labute approximate surface area is 145 Å². The van der Waals surface area contributed by atoms with Crippen molar-refractivity contribution < 1.29 is 0 Å². The van der Waals surface area contributed by atoms with Crippen LogP contribution in [0.25, 0.3) is 5.57 Å². The largest absolute Gasteiger partial charge is 0.387 e. The van der Waals surface area contributed by atoms with Crippen molar-refractivity contribution in [3.8, 4) is 12.3 Å². The molecule has 1 heteroatoms. The molecule has 120 valence electrons. The fourth-order valence-electron chi connectivity index (χ4n) is 3.12. The van der Waals surface area contributed by atoms with Crippen molar-refractivity contribution in [3.05, 3.63) is 89.2 Å². The van der Waals surface area contributed by atoms with Crippen molar-refractivity contribution in [3.63, 3.8) is 0 Å². The third-order valence-electron chi connectivity index (χ3n) is 4.37. The highest BCUT2D eigenvalue weighted by molar-refractivity contribution is 5.86. The van der Waals surface area contributed by atoms with E-state index in [2.05, 4.69) is 72.1 Å². The van der Waals surface area contributed by atoms with E-state index in [4.69, 9.17) is 6.42 Å². The van der Waals surface area contributed by atoms with Crippen LogP contribution in [-0.4, -0.2) is 6.54 Å². The molecule has 0 aromatic heterocycles. The molecule has 1 heterocycles. The zero-order chi connectivity index (χ0) is 16.8. The zero-order valence-corrected chi connectivity index (χ0v) is 14.1. The van der Waals surface area contributed by atoms with E-state index in [0.717, 1.165) is 25.0 Å². The van der Waals surface area contributed by atoms with Gasteiger partial charge in [0, 0.05) is 12.5 Å². The van der Waals surface area contributed by atoms with Gasteiger partial charge in [0.05, 0.1) is 0 Å². The Bertz CT molecular complexity index is 779. The molecule has 1 nitrogen and oxygen atoms in total. The lowest BCUT2D eigenvalue weighted by atomic mass is 9.93. The monoisotopic (exact) mass is 313 g/mol. The van der Waals surface area contributed by atoms with E-state index in [-0.39, 0.29) is 0 Å². The molecule has 24 heavy (non-hydrogen) atoms. The number of hydrogen-bond donors (Lipinski definition) is 1. The molecule has 1 aliphatic heterocycles. The van der Waals surface area contributed by atoms with Crippen molar-refractivity contribution in [2.45, 2.75) is 19.8 Å². The van der Waals surface area contributed by atoms with Crippen LogP contribution in [0.15, 0.2) is 83.6 Å². The molecule has 3 rings (SSSR count). The van der Waals surface area contributed by atoms with Crippen molar-refractivity contribution in [1.29, 1.82) is 0 Å². The molecular formula is C23H23N. The zero-order valence-electron chi connectivity index (χ0n) is 14.1. The van der Waals surface area contributed by atoms with E-state index in [1.54, 1.807) is 6.08 Å². The summed E-state index contributed by atoms with van der Waals surface area (Å²) in [7, 11) is 0. The number of nitrogens with one attached hydrogen (secondary N) is 1. The van der Waals surface area contributed by atoms with Crippen LogP contribution in [-0.2, 0) is 0 Å². The quantitative estimate of drug-likeness (QED) is 0.607. The van der Waals surface area contributed by atoms with Gasteiger partial charge in [0.1, 0.15) is 0 Å². The fraction of sp³-hybridized carbons (Fsp3) is 0.217. The van der Waals surface area contributed by atoms with Gasteiger partial charge in [-0.3, -0.25) is 0 Å². The first-order chi connectivity index (χ1) is 11.8. The Balaban J connectivity index is 1.93.